The maximum absolute atomic E-state index is 11.7. The largest absolute Gasteiger partial charge is 0.497 e. The smallest absolute Gasteiger partial charge is 0.159 e. The summed E-state index contributed by atoms with van der Waals surface area (Å²) >= 11 is 0. The Balaban J connectivity index is 1.60. The van der Waals surface area contributed by atoms with Crippen molar-refractivity contribution < 1.29 is 9.53 Å². The third-order valence-electron chi connectivity index (χ3n) is 5.88. The van der Waals surface area contributed by atoms with Crippen LogP contribution in [0.2, 0.25) is 0 Å². The normalized spacial score (nSPS) is 17.4. The lowest BCUT2D eigenvalue weighted by Gasteiger charge is -2.36. The molecule has 0 fully saturated rings. The molecule has 30 heavy (non-hydrogen) atoms. The van der Waals surface area contributed by atoms with Gasteiger partial charge in [-0.3, -0.25) is 4.79 Å². The second-order valence-corrected chi connectivity index (χ2v) is 8.89. The van der Waals surface area contributed by atoms with Gasteiger partial charge in [-0.25, -0.2) is 4.68 Å². The van der Waals surface area contributed by atoms with Crippen LogP contribution in [0, 0.1) is 5.41 Å². The number of hydrogen-bond acceptors (Lipinski definition) is 4. The standard InChI is InChI=1S/C25H29N3O2/c1-17(29)19-7-5-6-18(12-19)15-26-23-13-25(2,3)14-24-22(23)16-27-28(24)20-8-10-21(30-4)11-9-20/h5-12,16,23,26H,13-15H2,1-4H3/t23-/m0/s1. The summed E-state index contributed by atoms with van der Waals surface area (Å²) in [6, 6.07) is 16.1. The number of rotatable bonds is 6. The Morgan fingerprint density at radius 2 is 2.00 bits per heavy atom. The number of hydrogen-bond donors (Lipinski definition) is 1. The molecule has 1 aliphatic carbocycles. The molecule has 0 amide bonds. The van der Waals surface area contributed by atoms with Crippen LogP contribution in [0.4, 0.5) is 0 Å². The third kappa shape index (κ3) is 4.17. The van der Waals surface area contributed by atoms with Gasteiger partial charge in [0.05, 0.1) is 19.0 Å². The minimum Gasteiger partial charge on any atom is -0.497 e. The predicted octanol–water partition coefficient (Wildman–Crippen LogP) is 4.89. The summed E-state index contributed by atoms with van der Waals surface area (Å²) in [6.07, 6.45) is 4.02. The van der Waals surface area contributed by atoms with Crippen molar-refractivity contribution in [3.63, 3.8) is 0 Å². The van der Waals surface area contributed by atoms with Crippen LogP contribution < -0.4 is 10.1 Å². The number of nitrogens with zero attached hydrogens (tertiary/aromatic N) is 2. The molecule has 1 N–H and O–H groups in total. The van der Waals surface area contributed by atoms with Crippen molar-refractivity contribution in [3.8, 4) is 11.4 Å². The number of Topliss-reactive ketones (excluding diaryl/α,β-unsaturated/α-hetero) is 1. The number of ether oxygens (including phenoxy) is 1. The lowest BCUT2D eigenvalue weighted by molar-refractivity contribution is 0.101. The number of carbonyl (C=O) groups excluding carboxylic acids is 1. The van der Waals surface area contributed by atoms with Crippen LogP contribution in [0.1, 0.15) is 60.4 Å². The van der Waals surface area contributed by atoms with Crippen molar-refractivity contribution in [2.45, 2.75) is 46.2 Å². The van der Waals surface area contributed by atoms with E-state index in [2.05, 4.69) is 29.9 Å². The summed E-state index contributed by atoms with van der Waals surface area (Å²) in [5.41, 5.74) is 5.60. The highest BCUT2D eigenvalue weighted by molar-refractivity contribution is 5.94. The fraction of sp³-hybridized carbons (Fsp3) is 0.360. The van der Waals surface area contributed by atoms with Crippen LogP contribution in [0.25, 0.3) is 5.69 Å². The van der Waals surface area contributed by atoms with Gasteiger partial charge in [0.15, 0.2) is 5.78 Å². The summed E-state index contributed by atoms with van der Waals surface area (Å²) < 4.78 is 7.34. The van der Waals surface area contributed by atoms with Crippen LogP contribution in [-0.2, 0) is 13.0 Å². The Kier molecular flexibility index (Phi) is 5.48. The van der Waals surface area contributed by atoms with Gasteiger partial charge in [-0.1, -0.05) is 32.0 Å². The van der Waals surface area contributed by atoms with Crippen molar-refractivity contribution in [2.75, 3.05) is 7.11 Å². The highest BCUT2D eigenvalue weighted by Gasteiger charge is 2.35. The number of benzene rings is 2. The maximum Gasteiger partial charge on any atom is 0.159 e. The SMILES string of the molecule is COc1ccc(-n2ncc3c2CC(C)(C)C[C@@H]3NCc2cccc(C(C)=O)c2)cc1. The summed E-state index contributed by atoms with van der Waals surface area (Å²) in [5, 5.41) is 8.44. The number of fused-ring (bicyclic) bond motifs is 1. The van der Waals surface area contributed by atoms with E-state index in [4.69, 9.17) is 9.84 Å². The molecule has 0 spiro atoms. The van der Waals surface area contributed by atoms with Gasteiger partial charge in [0.1, 0.15) is 5.75 Å². The van der Waals surface area contributed by atoms with Gasteiger partial charge in [0.25, 0.3) is 0 Å². The number of nitrogens with one attached hydrogen (secondary N) is 1. The van der Waals surface area contributed by atoms with Crippen molar-refractivity contribution in [2.24, 2.45) is 5.41 Å². The van der Waals surface area contributed by atoms with E-state index >= 15 is 0 Å². The fourth-order valence-electron chi connectivity index (χ4n) is 4.31. The molecular weight excluding hydrogens is 374 g/mol. The first-order valence-electron chi connectivity index (χ1n) is 10.4. The highest BCUT2D eigenvalue weighted by atomic mass is 16.5. The summed E-state index contributed by atoms with van der Waals surface area (Å²) in [5.74, 6) is 0.936. The molecule has 0 saturated carbocycles. The van der Waals surface area contributed by atoms with E-state index in [1.807, 2.05) is 48.7 Å². The third-order valence-corrected chi connectivity index (χ3v) is 5.88. The molecule has 3 aromatic rings. The number of ketones is 1. The Labute approximate surface area is 178 Å². The average Bonchev–Trinajstić information content (AvgIpc) is 3.15. The van der Waals surface area contributed by atoms with Crippen molar-refractivity contribution in [1.82, 2.24) is 15.1 Å². The molecule has 156 valence electrons. The van der Waals surface area contributed by atoms with Crippen LogP contribution in [0.5, 0.6) is 5.75 Å². The van der Waals surface area contributed by atoms with Gasteiger partial charge in [-0.15, -0.1) is 0 Å². The van der Waals surface area contributed by atoms with Gasteiger partial charge in [0, 0.05) is 29.4 Å². The Hall–Kier alpha value is -2.92. The van der Waals surface area contributed by atoms with Crippen LogP contribution in [0.3, 0.4) is 0 Å². The van der Waals surface area contributed by atoms with Gasteiger partial charge in [0.2, 0.25) is 0 Å². The first-order valence-corrected chi connectivity index (χ1v) is 10.4. The van der Waals surface area contributed by atoms with E-state index in [9.17, 15) is 4.79 Å². The van der Waals surface area contributed by atoms with Crippen LogP contribution in [0.15, 0.2) is 54.7 Å². The molecule has 0 bridgehead atoms. The quantitative estimate of drug-likeness (QED) is 0.596. The van der Waals surface area contributed by atoms with Gasteiger partial charge >= 0.3 is 0 Å². The van der Waals surface area contributed by atoms with Gasteiger partial charge < -0.3 is 10.1 Å². The van der Waals surface area contributed by atoms with E-state index in [1.54, 1.807) is 14.0 Å². The second-order valence-electron chi connectivity index (χ2n) is 8.89. The predicted molar refractivity (Wildman–Crippen MR) is 118 cm³/mol. The van der Waals surface area contributed by atoms with Gasteiger partial charge in [-0.05, 0) is 61.1 Å². The molecule has 5 nitrogen and oxygen atoms in total. The van der Waals surface area contributed by atoms with E-state index in [1.165, 1.54) is 11.3 Å². The van der Waals surface area contributed by atoms with Crippen LogP contribution >= 0.6 is 0 Å². The highest BCUT2D eigenvalue weighted by Crippen LogP contribution is 2.41. The molecule has 4 rings (SSSR count). The zero-order chi connectivity index (χ0) is 21.3. The summed E-state index contributed by atoms with van der Waals surface area (Å²) in [6.45, 7) is 6.95. The monoisotopic (exact) mass is 403 g/mol. The molecule has 1 atom stereocenters. The first-order chi connectivity index (χ1) is 14.4. The minimum atomic E-state index is 0.0960. The van der Waals surface area contributed by atoms with Crippen molar-refractivity contribution >= 4 is 5.78 Å². The molecular formula is C25H29N3O2. The maximum atomic E-state index is 11.7. The van der Waals surface area contributed by atoms with Crippen molar-refractivity contribution in [3.05, 3.63) is 77.1 Å². The number of carbonyl (C=O) groups is 1. The Morgan fingerprint density at radius 3 is 2.70 bits per heavy atom. The topological polar surface area (TPSA) is 56.1 Å². The van der Waals surface area contributed by atoms with E-state index in [0.717, 1.165) is 42.0 Å². The zero-order valence-corrected chi connectivity index (χ0v) is 18.1. The van der Waals surface area contributed by atoms with Gasteiger partial charge in [-0.2, -0.15) is 5.10 Å². The molecule has 2 aromatic carbocycles. The van der Waals surface area contributed by atoms with E-state index in [-0.39, 0.29) is 17.2 Å². The van der Waals surface area contributed by atoms with E-state index < -0.39 is 0 Å². The molecule has 5 heteroatoms. The first kappa shape index (κ1) is 20.4. The lowest BCUT2D eigenvalue weighted by Crippen LogP contribution is -2.33. The number of methoxy groups -OCH3 is 1. The molecule has 0 unspecified atom stereocenters. The molecule has 1 aromatic heterocycles. The molecule has 0 saturated heterocycles. The minimum absolute atomic E-state index is 0.0960. The Morgan fingerprint density at radius 1 is 1.23 bits per heavy atom. The molecule has 0 radical (unpaired) electrons. The fourth-order valence-corrected chi connectivity index (χ4v) is 4.31. The Bertz CT molecular complexity index is 1050. The van der Waals surface area contributed by atoms with Crippen molar-refractivity contribution in [1.29, 1.82) is 0 Å². The molecule has 1 heterocycles. The zero-order valence-electron chi connectivity index (χ0n) is 18.1. The molecule has 0 aliphatic heterocycles. The average molecular weight is 404 g/mol. The number of aromatic nitrogens is 2. The molecule has 1 aliphatic rings. The summed E-state index contributed by atoms with van der Waals surface area (Å²) in [7, 11) is 1.68. The van der Waals surface area contributed by atoms with Crippen LogP contribution in [-0.4, -0.2) is 22.7 Å². The lowest BCUT2D eigenvalue weighted by atomic mass is 9.74. The van der Waals surface area contributed by atoms with E-state index in [0.29, 0.717) is 0 Å². The summed E-state index contributed by atoms with van der Waals surface area (Å²) in [4.78, 5) is 11.7. The second kappa shape index (κ2) is 8.07.